The Kier molecular flexibility index (Phi) is 6.90. The van der Waals surface area contributed by atoms with Crippen molar-refractivity contribution in [1.29, 1.82) is 0 Å². The predicted molar refractivity (Wildman–Crippen MR) is 149 cm³/mol. The molecule has 0 saturated carbocycles. The molecule has 0 fully saturated rings. The fourth-order valence-corrected chi connectivity index (χ4v) is 10.0. The van der Waals surface area contributed by atoms with E-state index < -0.39 is 47.9 Å². The average Bonchev–Trinajstić information content (AvgIpc) is 3.49. The van der Waals surface area contributed by atoms with E-state index in [1.165, 1.54) is 36.4 Å². The van der Waals surface area contributed by atoms with Crippen molar-refractivity contribution in [2.24, 2.45) is 0 Å². The van der Waals surface area contributed by atoms with Gasteiger partial charge in [-0.3, -0.25) is 47.7 Å². The first-order chi connectivity index (χ1) is 19.7. The monoisotopic (exact) mass is 607 g/mol. The Balaban J connectivity index is 1.21. The number of fused-ring (bicyclic) bond motifs is 3. The fraction of sp³-hybridized carbons (Fsp3) is 0.111. The quantitative estimate of drug-likeness (QED) is 0.255. The van der Waals surface area contributed by atoms with Crippen LogP contribution in [-0.4, -0.2) is 68.6 Å². The Morgan fingerprint density at radius 2 is 0.756 bits per heavy atom. The lowest BCUT2D eigenvalue weighted by Crippen LogP contribution is -2.32. The number of hydrogen-bond acceptors (Lipinski definition) is 10. The van der Waals surface area contributed by atoms with Gasteiger partial charge in [0.25, 0.3) is 35.4 Å². The number of hydrogen-bond donors (Lipinski definition) is 0. The van der Waals surface area contributed by atoms with Crippen LogP contribution in [0.2, 0.25) is 0 Å². The summed E-state index contributed by atoms with van der Waals surface area (Å²) in [6.07, 6.45) is 0. The highest BCUT2D eigenvalue weighted by atomic mass is 33.1. The number of amides is 6. The molecule has 0 bridgehead atoms. The summed E-state index contributed by atoms with van der Waals surface area (Å²) in [5.41, 5.74) is 1.18. The normalized spacial score (nSPS) is 16.1. The van der Waals surface area contributed by atoms with Crippen LogP contribution in [0.5, 0.6) is 0 Å². The van der Waals surface area contributed by atoms with Crippen LogP contribution in [-0.2, 0) is 9.09 Å². The summed E-state index contributed by atoms with van der Waals surface area (Å²) in [4.78, 5) is 79.6. The van der Waals surface area contributed by atoms with Gasteiger partial charge >= 0.3 is 5.77 Å². The largest absolute Gasteiger partial charge is 0.318 e. The van der Waals surface area contributed by atoms with Gasteiger partial charge in [-0.15, -0.1) is 0 Å². The van der Waals surface area contributed by atoms with E-state index in [4.69, 9.17) is 4.52 Å². The second-order valence-electron chi connectivity index (χ2n) is 8.97. The van der Waals surface area contributed by atoms with Gasteiger partial charge in [0, 0.05) is 0 Å². The van der Waals surface area contributed by atoms with E-state index in [0.29, 0.717) is 22.8 Å². The molecule has 6 rings (SSSR count). The van der Waals surface area contributed by atoms with Crippen LogP contribution in [0.4, 0.5) is 0 Å². The van der Waals surface area contributed by atoms with E-state index in [1.54, 1.807) is 36.4 Å². The highest BCUT2D eigenvalue weighted by Gasteiger charge is 2.42. The van der Waals surface area contributed by atoms with Crippen molar-refractivity contribution < 1.29 is 37.9 Å². The molecule has 0 atom stereocenters. The van der Waals surface area contributed by atoms with Crippen LogP contribution in [0.1, 0.15) is 62.1 Å². The molecule has 3 aromatic carbocycles. The second-order valence-corrected chi connectivity index (χ2v) is 16.3. The molecule has 0 unspecified atom stereocenters. The molecule has 0 aromatic heterocycles. The molecule has 3 aliphatic heterocycles. The third-order valence-electron chi connectivity index (χ3n) is 6.67. The molecule has 0 N–H and O–H groups in total. The minimum absolute atomic E-state index is 0.174. The molecular weight excluding hydrogens is 589 g/mol. The van der Waals surface area contributed by atoms with Gasteiger partial charge in [-0.25, -0.2) is 4.90 Å². The van der Waals surface area contributed by atoms with Crippen LogP contribution in [0.25, 0.3) is 0 Å². The summed E-state index contributed by atoms with van der Waals surface area (Å²) in [7, 11) is 0. The lowest BCUT2D eigenvalue weighted by atomic mass is 10.1. The Bertz CT molecular complexity index is 1440. The Morgan fingerprint density at radius 1 is 0.488 bits per heavy atom. The Hall–Kier alpha value is -4.03. The van der Waals surface area contributed by atoms with E-state index >= 15 is 0 Å². The molecule has 3 heterocycles. The Labute approximate surface area is 240 Å². The van der Waals surface area contributed by atoms with Gasteiger partial charge in [0.05, 0.1) is 45.1 Å². The molecule has 0 saturated heterocycles. The SMILES string of the molecule is O=C1c2ccccc2C(=O)N1COP(=O)(SCN1C(=O)c2ccccc2C1=O)SCN1C(=O)c2ccccc2C1=O. The van der Waals surface area contributed by atoms with E-state index in [1.807, 2.05) is 0 Å². The molecular formula is C27H18N3O8PS2. The van der Waals surface area contributed by atoms with Crippen LogP contribution in [0, 0.1) is 0 Å². The van der Waals surface area contributed by atoms with E-state index in [9.17, 15) is 33.3 Å². The van der Waals surface area contributed by atoms with E-state index in [2.05, 4.69) is 0 Å². The maximum Gasteiger partial charge on any atom is 0.318 e. The van der Waals surface area contributed by atoms with Gasteiger partial charge in [0.2, 0.25) is 0 Å². The van der Waals surface area contributed by atoms with Crippen molar-refractivity contribution in [2.75, 3.05) is 18.5 Å². The minimum atomic E-state index is -4.03. The standard InChI is InChI=1S/C27H18N3O8PS2/c31-22-16-7-1-2-8-17(16)23(32)28(22)13-38-39(37,40-14-29-24(33)18-9-3-4-10-19(18)25(29)34)41-15-30-26(35)20-11-5-6-12-21(20)27(30)36/h1-12H,13-15H2. The zero-order valence-corrected chi connectivity index (χ0v) is 23.4. The molecule has 6 amide bonds. The van der Waals surface area contributed by atoms with Gasteiger partial charge in [-0.2, -0.15) is 0 Å². The van der Waals surface area contributed by atoms with Gasteiger partial charge in [0.1, 0.15) is 6.73 Å². The number of carbonyl (C=O) groups is 6. The van der Waals surface area contributed by atoms with Crippen LogP contribution in [0.3, 0.4) is 0 Å². The number of imide groups is 3. The predicted octanol–water partition coefficient (Wildman–Crippen LogP) is 4.34. The fourth-order valence-electron chi connectivity index (χ4n) is 4.57. The minimum Gasteiger partial charge on any atom is -0.291 e. The summed E-state index contributed by atoms with van der Waals surface area (Å²) in [6.45, 7) is -0.687. The van der Waals surface area contributed by atoms with Crippen molar-refractivity contribution >= 4 is 64.0 Å². The van der Waals surface area contributed by atoms with E-state index in [0.717, 1.165) is 14.7 Å². The number of carbonyl (C=O) groups excluding carboxylic acids is 6. The first kappa shape index (κ1) is 27.2. The molecule has 3 aromatic rings. The second kappa shape index (κ2) is 10.4. The number of rotatable bonds is 9. The third kappa shape index (κ3) is 4.60. The zero-order valence-electron chi connectivity index (χ0n) is 20.9. The molecule has 3 aliphatic rings. The van der Waals surface area contributed by atoms with Crippen molar-refractivity contribution in [3.8, 4) is 0 Å². The summed E-state index contributed by atoms with van der Waals surface area (Å²) < 4.78 is 19.8. The summed E-state index contributed by atoms with van der Waals surface area (Å²) >= 11 is 1.24. The topological polar surface area (TPSA) is 138 Å². The average molecular weight is 608 g/mol. The van der Waals surface area contributed by atoms with Crippen molar-refractivity contribution in [3.05, 3.63) is 106 Å². The summed E-state index contributed by atoms with van der Waals surface area (Å²) in [5.74, 6) is -8.33. The molecule has 11 nitrogen and oxygen atoms in total. The highest BCUT2D eigenvalue weighted by Crippen LogP contribution is 2.70. The van der Waals surface area contributed by atoms with Gasteiger partial charge < -0.3 is 0 Å². The highest BCUT2D eigenvalue weighted by molar-refractivity contribution is 8.89. The van der Waals surface area contributed by atoms with Crippen molar-refractivity contribution in [1.82, 2.24) is 14.7 Å². The molecule has 0 spiro atoms. The zero-order chi connectivity index (χ0) is 28.9. The van der Waals surface area contributed by atoms with Gasteiger partial charge in [-0.05, 0) is 59.2 Å². The lowest BCUT2D eigenvalue weighted by Gasteiger charge is -2.23. The lowest BCUT2D eigenvalue weighted by molar-refractivity contribution is 0.0533. The molecule has 0 radical (unpaired) electrons. The van der Waals surface area contributed by atoms with Gasteiger partial charge in [0.15, 0.2) is 0 Å². The van der Waals surface area contributed by atoms with Crippen molar-refractivity contribution in [3.63, 3.8) is 0 Å². The Morgan fingerprint density at radius 3 is 1.05 bits per heavy atom. The maximum atomic E-state index is 14.1. The van der Waals surface area contributed by atoms with Crippen molar-refractivity contribution in [2.45, 2.75) is 0 Å². The first-order valence-corrected chi connectivity index (χ1v) is 16.9. The molecule has 206 valence electrons. The van der Waals surface area contributed by atoms with Crippen LogP contribution >= 0.6 is 28.5 Å². The van der Waals surface area contributed by atoms with E-state index in [-0.39, 0.29) is 45.1 Å². The smallest absolute Gasteiger partial charge is 0.291 e. The molecule has 41 heavy (non-hydrogen) atoms. The number of nitrogens with zero attached hydrogens (tertiary/aromatic N) is 3. The number of benzene rings is 3. The molecule has 0 aliphatic carbocycles. The van der Waals surface area contributed by atoms with Crippen LogP contribution < -0.4 is 0 Å². The van der Waals surface area contributed by atoms with Gasteiger partial charge in [-0.1, -0.05) is 36.4 Å². The first-order valence-electron chi connectivity index (χ1n) is 12.1. The summed E-state index contributed by atoms with van der Waals surface area (Å²) in [6, 6.07) is 18.7. The maximum absolute atomic E-state index is 14.1. The third-order valence-corrected chi connectivity index (χ3v) is 13.6. The summed E-state index contributed by atoms with van der Waals surface area (Å²) in [5, 5.41) is 0. The van der Waals surface area contributed by atoms with Crippen LogP contribution in [0.15, 0.2) is 72.8 Å². The molecule has 14 heteroatoms.